The van der Waals surface area contributed by atoms with Crippen molar-refractivity contribution in [2.24, 2.45) is 0 Å². The van der Waals surface area contributed by atoms with Gasteiger partial charge in [0.2, 0.25) is 10.0 Å². The quantitative estimate of drug-likeness (QED) is 0.856. The normalized spacial score (nSPS) is 20.0. The zero-order valence-electron chi connectivity index (χ0n) is 13.5. The molecule has 1 aliphatic rings. The number of H-pyrrole nitrogens is 1. The molecule has 0 saturated carbocycles. The molecule has 3 rings (SSSR count). The largest absolute Gasteiger partial charge is 0.342 e. The lowest BCUT2D eigenvalue weighted by atomic mass is 9.99. The van der Waals surface area contributed by atoms with Crippen molar-refractivity contribution in [3.8, 4) is 0 Å². The van der Waals surface area contributed by atoms with Gasteiger partial charge >= 0.3 is 0 Å². The summed E-state index contributed by atoms with van der Waals surface area (Å²) in [5.41, 5.74) is 3.15. The molecular formula is C17H23N3O2S. The maximum absolute atomic E-state index is 12.4. The number of allylic oxidation sites excluding steroid dienone is 1. The lowest BCUT2D eigenvalue weighted by Gasteiger charge is -2.30. The molecule has 2 aromatic rings. The Bertz CT molecular complexity index is 810. The molecule has 0 amide bonds. The van der Waals surface area contributed by atoms with E-state index in [1.165, 1.54) is 5.56 Å². The Morgan fingerprint density at radius 1 is 1.48 bits per heavy atom. The SMILES string of the molecule is C=CCCS(=O)(=O)N1CCC[C@H](c2nc3ccc(C)cc3[nH]2)C1. The smallest absolute Gasteiger partial charge is 0.214 e. The number of piperidine rings is 1. The summed E-state index contributed by atoms with van der Waals surface area (Å²) < 4.78 is 26.4. The number of rotatable bonds is 5. The van der Waals surface area contributed by atoms with Crippen molar-refractivity contribution < 1.29 is 8.42 Å². The van der Waals surface area contributed by atoms with Gasteiger partial charge < -0.3 is 4.98 Å². The average molecular weight is 333 g/mol. The summed E-state index contributed by atoms with van der Waals surface area (Å²) in [6.07, 6.45) is 3.98. The van der Waals surface area contributed by atoms with Gasteiger partial charge in [-0.3, -0.25) is 0 Å². The number of nitrogens with zero attached hydrogens (tertiary/aromatic N) is 2. The first-order valence-corrected chi connectivity index (χ1v) is 9.65. The number of aryl methyl sites for hydroxylation is 1. The maximum Gasteiger partial charge on any atom is 0.214 e. The van der Waals surface area contributed by atoms with E-state index in [1.54, 1.807) is 10.4 Å². The van der Waals surface area contributed by atoms with Crippen LogP contribution in [-0.4, -0.2) is 41.5 Å². The molecule has 1 atom stereocenters. The van der Waals surface area contributed by atoms with E-state index in [-0.39, 0.29) is 11.7 Å². The number of aromatic nitrogens is 2. The second-order valence-corrected chi connectivity index (χ2v) is 8.32. The van der Waals surface area contributed by atoms with E-state index in [0.717, 1.165) is 29.7 Å². The molecule has 0 unspecified atom stereocenters. The highest BCUT2D eigenvalue weighted by Gasteiger charge is 2.30. The summed E-state index contributed by atoms with van der Waals surface area (Å²) in [6, 6.07) is 6.12. The molecule has 1 aromatic carbocycles. The van der Waals surface area contributed by atoms with Crippen LogP contribution in [0.4, 0.5) is 0 Å². The molecule has 1 fully saturated rings. The maximum atomic E-state index is 12.4. The standard InChI is InChI=1S/C17H23N3O2S/c1-3-4-10-23(21,22)20-9-5-6-14(12-20)17-18-15-8-7-13(2)11-16(15)19-17/h3,7-8,11,14H,1,4-6,9-10,12H2,2H3,(H,18,19)/t14-/m0/s1. The number of sulfonamides is 1. The fourth-order valence-corrected chi connectivity index (χ4v) is 4.65. The van der Waals surface area contributed by atoms with Gasteiger partial charge in [0.25, 0.3) is 0 Å². The average Bonchev–Trinajstić information content (AvgIpc) is 2.96. The molecule has 1 N–H and O–H groups in total. The monoisotopic (exact) mass is 333 g/mol. The van der Waals surface area contributed by atoms with Gasteiger partial charge in [0.05, 0.1) is 16.8 Å². The molecular weight excluding hydrogens is 310 g/mol. The second-order valence-electron chi connectivity index (χ2n) is 6.23. The summed E-state index contributed by atoms with van der Waals surface area (Å²) in [4.78, 5) is 8.04. The Morgan fingerprint density at radius 3 is 3.09 bits per heavy atom. The van der Waals surface area contributed by atoms with E-state index < -0.39 is 10.0 Å². The van der Waals surface area contributed by atoms with Crippen LogP contribution >= 0.6 is 0 Å². The highest BCUT2D eigenvalue weighted by Crippen LogP contribution is 2.28. The number of imidazole rings is 1. The van der Waals surface area contributed by atoms with Crippen LogP contribution in [0.5, 0.6) is 0 Å². The minimum absolute atomic E-state index is 0.134. The highest BCUT2D eigenvalue weighted by atomic mass is 32.2. The Hall–Kier alpha value is -1.66. The molecule has 124 valence electrons. The van der Waals surface area contributed by atoms with Gasteiger partial charge in [-0.15, -0.1) is 6.58 Å². The van der Waals surface area contributed by atoms with Crippen LogP contribution in [0.25, 0.3) is 11.0 Å². The fourth-order valence-electron chi connectivity index (χ4n) is 3.12. The van der Waals surface area contributed by atoms with Gasteiger partial charge in [-0.05, 0) is 43.9 Å². The Morgan fingerprint density at radius 2 is 2.30 bits per heavy atom. The van der Waals surface area contributed by atoms with Crippen LogP contribution in [0.3, 0.4) is 0 Å². The van der Waals surface area contributed by atoms with E-state index in [1.807, 2.05) is 12.1 Å². The fraction of sp³-hybridized carbons (Fsp3) is 0.471. The topological polar surface area (TPSA) is 66.1 Å². The van der Waals surface area contributed by atoms with Gasteiger partial charge in [0.1, 0.15) is 5.82 Å². The van der Waals surface area contributed by atoms with Crippen LogP contribution < -0.4 is 0 Å². The number of benzene rings is 1. The Labute approximate surface area is 137 Å². The first-order chi connectivity index (χ1) is 11.0. The minimum atomic E-state index is -3.20. The highest BCUT2D eigenvalue weighted by molar-refractivity contribution is 7.89. The van der Waals surface area contributed by atoms with E-state index in [9.17, 15) is 8.42 Å². The number of hydrogen-bond acceptors (Lipinski definition) is 3. The second kappa shape index (κ2) is 6.45. The molecule has 5 nitrogen and oxygen atoms in total. The van der Waals surface area contributed by atoms with Crippen LogP contribution in [0.2, 0.25) is 0 Å². The van der Waals surface area contributed by atoms with Crippen LogP contribution in [-0.2, 0) is 10.0 Å². The first-order valence-electron chi connectivity index (χ1n) is 8.04. The molecule has 1 aromatic heterocycles. The molecule has 6 heteroatoms. The zero-order valence-corrected chi connectivity index (χ0v) is 14.3. The van der Waals surface area contributed by atoms with Crippen molar-refractivity contribution in [2.75, 3.05) is 18.8 Å². The molecule has 0 aliphatic carbocycles. The third-order valence-electron chi connectivity index (χ3n) is 4.40. The van der Waals surface area contributed by atoms with Gasteiger partial charge in [0, 0.05) is 19.0 Å². The predicted molar refractivity (Wildman–Crippen MR) is 93.0 cm³/mol. The van der Waals surface area contributed by atoms with Crippen LogP contribution in [0.15, 0.2) is 30.9 Å². The summed E-state index contributed by atoms with van der Waals surface area (Å²) in [7, 11) is -3.20. The molecule has 0 bridgehead atoms. The summed E-state index contributed by atoms with van der Waals surface area (Å²) >= 11 is 0. The molecule has 1 saturated heterocycles. The minimum Gasteiger partial charge on any atom is -0.342 e. The van der Waals surface area contributed by atoms with Gasteiger partial charge in [0.15, 0.2) is 0 Å². The van der Waals surface area contributed by atoms with Crippen molar-refractivity contribution >= 4 is 21.1 Å². The lowest BCUT2D eigenvalue weighted by Crippen LogP contribution is -2.40. The predicted octanol–water partition coefficient (Wildman–Crippen LogP) is 2.96. The molecule has 2 heterocycles. The first kappa shape index (κ1) is 16.2. The summed E-state index contributed by atoms with van der Waals surface area (Å²) in [6.45, 7) is 6.77. The molecule has 1 aliphatic heterocycles. The number of nitrogens with one attached hydrogen (secondary N) is 1. The third-order valence-corrected chi connectivity index (χ3v) is 6.27. The number of hydrogen-bond donors (Lipinski definition) is 1. The number of fused-ring (bicyclic) bond motifs is 1. The van der Waals surface area contributed by atoms with Crippen molar-refractivity contribution in [3.05, 3.63) is 42.2 Å². The van der Waals surface area contributed by atoms with Gasteiger partial charge in [-0.2, -0.15) is 0 Å². The van der Waals surface area contributed by atoms with Crippen molar-refractivity contribution in [1.82, 2.24) is 14.3 Å². The van der Waals surface area contributed by atoms with E-state index in [0.29, 0.717) is 19.5 Å². The van der Waals surface area contributed by atoms with Crippen LogP contribution in [0, 0.1) is 6.92 Å². The van der Waals surface area contributed by atoms with Crippen molar-refractivity contribution in [1.29, 1.82) is 0 Å². The van der Waals surface area contributed by atoms with E-state index in [4.69, 9.17) is 0 Å². The zero-order chi connectivity index (χ0) is 16.4. The Balaban J connectivity index is 1.81. The van der Waals surface area contributed by atoms with Crippen LogP contribution in [0.1, 0.15) is 36.6 Å². The van der Waals surface area contributed by atoms with Gasteiger partial charge in [-0.25, -0.2) is 17.7 Å². The molecule has 0 radical (unpaired) electrons. The number of aromatic amines is 1. The lowest BCUT2D eigenvalue weighted by molar-refractivity contribution is 0.310. The van der Waals surface area contributed by atoms with E-state index >= 15 is 0 Å². The summed E-state index contributed by atoms with van der Waals surface area (Å²) in [5.74, 6) is 1.17. The summed E-state index contributed by atoms with van der Waals surface area (Å²) in [5, 5.41) is 0. The van der Waals surface area contributed by atoms with Gasteiger partial charge in [-0.1, -0.05) is 12.1 Å². The van der Waals surface area contributed by atoms with Crippen molar-refractivity contribution in [3.63, 3.8) is 0 Å². The molecule has 0 spiro atoms. The molecule has 23 heavy (non-hydrogen) atoms. The van der Waals surface area contributed by atoms with E-state index in [2.05, 4.69) is 29.5 Å². The third kappa shape index (κ3) is 3.48. The Kier molecular flexibility index (Phi) is 4.55. The van der Waals surface area contributed by atoms with Crippen molar-refractivity contribution in [2.45, 2.75) is 32.1 Å².